The van der Waals surface area contributed by atoms with Gasteiger partial charge < -0.3 is 14.6 Å². The summed E-state index contributed by atoms with van der Waals surface area (Å²) in [6.45, 7) is 3.10. The first-order valence-corrected chi connectivity index (χ1v) is 8.09. The van der Waals surface area contributed by atoms with E-state index in [1.807, 2.05) is 0 Å². The number of rotatable bonds is 7. The lowest BCUT2D eigenvalue weighted by Gasteiger charge is -2.31. The molecule has 2 aromatic carbocycles. The van der Waals surface area contributed by atoms with Crippen LogP contribution in [0.3, 0.4) is 0 Å². The Morgan fingerprint density at radius 2 is 1.88 bits per heavy atom. The highest BCUT2D eigenvalue weighted by Gasteiger charge is 2.43. The van der Waals surface area contributed by atoms with Crippen molar-refractivity contribution in [2.24, 2.45) is 0 Å². The summed E-state index contributed by atoms with van der Waals surface area (Å²) in [6.07, 6.45) is 0. The van der Waals surface area contributed by atoms with Crippen LogP contribution in [0.2, 0.25) is 0 Å². The van der Waals surface area contributed by atoms with E-state index in [4.69, 9.17) is 9.47 Å². The van der Waals surface area contributed by atoms with Crippen molar-refractivity contribution in [1.82, 2.24) is 0 Å². The number of nitrogens with zero attached hydrogens (tertiary/aromatic N) is 1. The number of carbonyl (C=O) groups is 1. The van der Waals surface area contributed by atoms with Crippen LogP contribution in [0.15, 0.2) is 48.5 Å². The Morgan fingerprint density at radius 3 is 2.42 bits per heavy atom. The fourth-order valence-corrected chi connectivity index (χ4v) is 2.85. The minimum Gasteiger partial charge on any atom is -0.497 e. The summed E-state index contributed by atoms with van der Waals surface area (Å²) >= 11 is 0. The van der Waals surface area contributed by atoms with Crippen LogP contribution in [0.25, 0.3) is 0 Å². The molecule has 0 aromatic heterocycles. The zero-order valence-electron chi connectivity index (χ0n) is 14.8. The summed E-state index contributed by atoms with van der Waals surface area (Å²) in [5, 5.41) is 22.1. The third-order valence-corrected chi connectivity index (χ3v) is 4.11. The van der Waals surface area contributed by atoms with Gasteiger partial charge in [0, 0.05) is 18.1 Å². The number of nitro groups is 1. The summed E-state index contributed by atoms with van der Waals surface area (Å²) in [6, 6.07) is 12.7. The van der Waals surface area contributed by atoms with Gasteiger partial charge >= 0.3 is 5.97 Å². The molecule has 0 spiro atoms. The molecular formula is C19H21NO6. The lowest BCUT2D eigenvalue weighted by Crippen LogP contribution is -2.43. The third-order valence-electron chi connectivity index (χ3n) is 4.11. The van der Waals surface area contributed by atoms with Crippen LogP contribution in [0.4, 0.5) is 5.69 Å². The first kappa shape index (κ1) is 19.4. The predicted octanol–water partition coefficient (Wildman–Crippen LogP) is 3.05. The second kappa shape index (κ2) is 7.97. The van der Waals surface area contributed by atoms with E-state index in [1.165, 1.54) is 32.2 Å². The van der Waals surface area contributed by atoms with Gasteiger partial charge in [0.05, 0.1) is 18.6 Å². The summed E-state index contributed by atoms with van der Waals surface area (Å²) in [5.74, 6) is -1.04. The largest absolute Gasteiger partial charge is 0.497 e. The smallest absolute Gasteiger partial charge is 0.338 e. The summed E-state index contributed by atoms with van der Waals surface area (Å²) in [5.41, 5.74) is -1.01. The number of carbonyl (C=O) groups excluding carboxylic acids is 1. The van der Waals surface area contributed by atoms with Gasteiger partial charge in [0.2, 0.25) is 0 Å². The molecule has 7 heteroatoms. The van der Waals surface area contributed by atoms with E-state index < -0.39 is 22.4 Å². The SMILES string of the molecule is CCOC(=O)[C@@](C)(O)[C@@H](c1ccc(OC)cc1)c1cccc([N+](=O)[O-])c1. The molecule has 138 valence electrons. The van der Waals surface area contributed by atoms with Gasteiger partial charge in [0.1, 0.15) is 5.75 Å². The van der Waals surface area contributed by atoms with Crippen molar-refractivity contribution < 1.29 is 24.3 Å². The first-order valence-electron chi connectivity index (χ1n) is 8.09. The van der Waals surface area contributed by atoms with Gasteiger partial charge in [-0.3, -0.25) is 10.1 Å². The maximum atomic E-state index is 12.4. The van der Waals surface area contributed by atoms with E-state index in [-0.39, 0.29) is 12.3 Å². The average Bonchev–Trinajstić information content (AvgIpc) is 2.62. The number of hydrogen-bond acceptors (Lipinski definition) is 6. The van der Waals surface area contributed by atoms with Gasteiger partial charge in [0.25, 0.3) is 5.69 Å². The lowest BCUT2D eigenvalue weighted by molar-refractivity contribution is -0.384. The second-order valence-corrected chi connectivity index (χ2v) is 5.93. The lowest BCUT2D eigenvalue weighted by atomic mass is 9.78. The highest BCUT2D eigenvalue weighted by molar-refractivity contribution is 5.81. The Labute approximate surface area is 151 Å². The minimum atomic E-state index is -1.92. The Bertz CT molecular complexity index is 785. The molecule has 2 atom stereocenters. The standard InChI is InChI=1S/C19H21NO6/c1-4-26-18(21)19(2,22)17(13-8-10-16(25-3)11-9-13)14-6-5-7-15(12-14)20(23)24/h5-12,17,22H,4H2,1-3H3/t17-,19-/m0/s1. The molecule has 0 aliphatic carbocycles. The van der Waals surface area contributed by atoms with E-state index in [0.717, 1.165) is 0 Å². The van der Waals surface area contributed by atoms with Crippen molar-refractivity contribution in [2.45, 2.75) is 25.4 Å². The Kier molecular flexibility index (Phi) is 5.94. The molecule has 2 rings (SSSR count). The van der Waals surface area contributed by atoms with Gasteiger partial charge in [-0.2, -0.15) is 0 Å². The molecule has 0 unspecified atom stereocenters. The quantitative estimate of drug-likeness (QED) is 0.463. The van der Waals surface area contributed by atoms with Crippen molar-refractivity contribution >= 4 is 11.7 Å². The predicted molar refractivity (Wildman–Crippen MR) is 95.2 cm³/mol. The van der Waals surface area contributed by atoms with E-state index in [2.05, 4.69) is 0 Å². The molecule has 0 radical (unpaired) electrons. The number of benzene rings is 2. The van der Waals surface area contributed by atoms with Gasteiger partial charge in [-0.25, -0.2) is 4.79 Å². The normalized spacial score (nSPS) is 14.2. The molecule has 2 aromatic rings. The molecule has 26 heavy (non-hydrogen) atoms. The van der Waals surface area contributed by atoms with E-state index in [0.29, 0.717) is 16.9 Å². The molecule has 0 saturated heterocycles. The highest BCUT2D eigenvalue weighted by Crippen LogP contribution is 2.37. The topological polar surface area (TPSA) is 98.9 Å². The highest BCUT2D eigenvalue weighted by atomic mass is 16.6. The monoisotopic (exact) mass is 359 g/mol. The number of methoxy groups -OCH3 is 1. The Balaban J connectivity index is 2.59. The van der Waals surface area contributed by atoms with Crippen molar-refractivity contribution in [3.05, 3.63) is 69.8 Å². The number of aliphatic hydroxyl groups is 1. The van der Waals surface area contributed by atoms with Crippen LogP contribution >= 0.6 is 0 Å². The van der Waals surface area contributed by atoms with Gasteiger partial charge in [-0.05, 0) is 37.1 Å². The van der Waals surface area contributed by atoms with E-state index in [1.54, 1.807) is 37.3 Å². The van der Waals surface area contributed by atoms with Crippen LogP contribution < -0.4 is 4.74 Å². The number of nitro benzene ring substituents is 1. The number of ether oxygens (including phenoxy) is 2. The van der Waals surface area contributed by atoms with E-state index in [9.17, 15) is 20.0 Å². The zero-order chi connectivity index (χ0) is 19.3. The molecule has 0 bridgehead atoms. The summed E-state index contributed by atoms with van der Waals surface area (Å²) in [4.78, 5) is 23.0. The van der Waals surface area contributed by atoms with Crippen LogP contribution in [-0.4, -0.2) is 35.3 Å². The van der Waals surface area contributed by atoms with Gasteiger partial charge in [0.15, 0.2) is 5.60 Å². The van der Waals surface area contributed by atoms with Crippen molar-refractivity contribution in [3.63, 3.8) is 0 Å². The summed E-state index contributed by atoms with van der Waals surface area (Å²) in [7, 11) is 1.53. The maximum Gasteiger partial charge on any atom is 0.338 e. The number of hydrogen-bond donors (Lipinski definition) is 1. The van der Waals surface area contributed by atoms with Crippen molar-refractivity contribution in [2.75, 3.05) is 13.7 Å². The van der Waals surface area contributed by atoms with Crippen molar-refractivity contribution in [3.8, 4) is 5.75 Å². The molecule has 7 nitrogen and oxygen atoms in total. The molecular weight excluding hydrogens is 338 g/mol. The fraction of sp³-hybridized carbons (Fsp3) is 0.316. The second-order valence-electron chi connectivity index (χ2n) is 5.93. The van der Waals surface area contributed by atoms with Gasteiger partial charge in [-0.15, -0.1) is 0 Å². The zero-order valence-corrected chi connectivity index (χ0v) is 14.8. The van der Waals surface area contributed by atoms with Crippen LogP contribution in [-0.2, 0) is 9.53 Å². The first-order chi connectivity index (χ1) is 12.3. The molecule has 0 aliphatic heterocycles. The third kappa shape index (κ3) is 4.00. The van der Waals surface area contributed by atoms with Crippen molar-refractivity contribution in [1.29, 1.82) is 0 Å². The Hall–Kier alpha value is -2.93. The Morgan fingerprint density at radius 1 is 1.23 bits per heavy atom. The molecule has 0 fully saturated rings. The van der Waals surface area contributed by atoms with E-state index >= 15 is 0 Å². The fourth-order valence-electron chi connectivity index (χ4n) is 2.85. The number of esters is 1. The number of non-ortho nitro benzene ring substituents is 1. The average molecular weight is 359 g/mol. The van der Waals surface area contributed by atoms with Gasteiger partial charge in [-0.1, -0.05) is 24.3 Å². The molecule has 0 saturated carbocycles. The molecule has 1 N–H and O–H groups in total. The minimum absolute atomic E-state index is 0.110. The van der Waals surface area contributed by atoms with Crippen LogP contribution in [0, 0.1) is 10.1 Å². The molecule has 0 aliphatic rings. The summed E-state index contributed by atoms with van der Waals surface area (Å²) < 4.78 is 10.1. The molecule has 0 amide bonds. The van der Waals surface area contributed by atoms with Crippen LogP contribution in [0.1, 0.15) is 30.9 Å². The molecule has 0 heterocycles. The maximum absolute atomic E-state index is 12.4. The van der Waals surface area contributed by atoms with Crippen LogP contribution in [0.5, 0.6) is 5.75 Å².